The van der Waals surface area contributed by atoms with Crippen LogP contribution in [0.3, 0.4) is 0 Å². The van der Waals surface area contributed by atoms with Crippen molar-refractivity contribution in [1.29, 1.82) is 0 Å². The van der Waals surface area contributed by atoms with Crippen molar-refractivity contribution >= 4 is 40.7 Å². The molecule has 0 radical (unpaired) electrons. The van der Waals surface area contributed by atoms with Crippen LogP contribution in [0.2, 0.25) is 5.02 Å². The molecule has 3 aromatic rings. The molecule has 0 unspecified atom stereocenters. The number of carboxylic acid groups (broad SMARTS) is 1. The maximum absolute atomic E-state index is 14.3. The van der Waals surface area contributed by atoms with Gasteiger partial charge in [-0.25, -0.2) is 13.6 Å². The minimum atomic E-state index is -0.815. The number of hydrogen-bond acceptors (Lipinski definition) is 3. The molecule has 0 heterocycles. The molecule has 1 aliphatic carbocycles. The Morgan fingerprint density at radius 1 is 0.950 bits per heavy atom. The molecule has 6 nitrogen and oxygen atoms in total. The van der Waals surface area contributed by atoms with Gasteiger partial charge in [0.05, 0.1) is 22.9 Å². The number of rotatable bonds is 10. The molecule has 1 saturated carbocycles. The maximum atomic E-state index is 14.3. The Morgan fingerprint density at radius 3 is 2.08 bits per heavy atom. The summed E-state index contributed by atoms with van der Waals surface area (Å²) < 4.78 is 28.7. The van der Waals surface area contributed by atoms with Crippen LogP contribution in [-0.2, 0) is 4.79 Å². The molecule has 212 valence electrons. The predicted octanol–water partition coefficient (Wildman–Crippen LogP) is 8.24. The molecular weight excluding hydrogens is 536 g/mol. The lowest BCUT2D eigenvalue weighted by Gasteiger charge is -2.30. The van der Waals surface area contributed by atoms with Gasteiger partial charge in [-0.2, -0.15) is 0 Å². The zero-order valence-corrected chi connectivity index (χ0v) is 23.7. The fourth-order valence-electron chi connectivity index (χ4n) is 4.97. The Balaban J connectivity index is 1.57. The molecule has 2 atom stereocenters. The van der Waals surface area contributed by atoms with E-state index in [-0.39, 0.29) is 16.5 Å². The zero-order valence-electron chi connectivity index (χ0n) is 23.0. The van der Waals surface area contributed by atoms with E-state index >= 15 is 0 Å². The van der Waals surface area contributed by atoms with Gasteiger partial charge in [-0.3, -0.25) is 4.79 Å². The monoisotopic (exact) mass is 569 g/mol. The lowest BCUT2D eigenvalue weighted by Crippen LogP contribution is -2.32. The van der Waals surface area contributed by atoms with Gasteiger partial charge < -0.3 is 20.6 Å². The summed E-state index contributed by atoms with van der Waals surface area (Å²) >= 11 is 5.73. The average Bonchev–Trinajstić information content (AvgIpc) is 3.65. The fraction of sp³-hybridized carbons (Fsp3) is 0.355. The van der Waals surface area contributed by atoms with Gasteiger partial charge in [0, 0.05) is 23.8 Å². The van der Waals surface area contributed by atoms with E-state index < -0.39 is 29.6 Å². The molecule has 40 heavy (non-hydrogen) atoms. The molecule has 3 aromatic carbocycles. The topological polar surface area (TPSA) is 81.7 Å². The van der Waals surface area contributed by atoms with Crippen molar-refractivity contribution in [3.05, 3.63) is 76.8 Å². The van der Waals surface area contributed by atoms with Crippen molar-refractivity contribution in [2.45, 2.75) is 40.0 Å². The van der Waals surface area contributed by atoms with Crippen molar-refractivity contribution in [2.75, 3.05) is 28.6 Å². The predicted molar refractivity (Wildman–Crippen MR) is 156 cm³/mol. The van der Waals surface area contributed by atoms with Gasteiger partial charge in [-0.15, -0.1) is 0 Å². The summed E-state index contributed by atoms with van der Waals surface area (Å²) in [7, 11) is 0. The molecule has 0 spiro atoms. The number of hydrogen-bond donors (Lipinski definition) is 3. The maximum Gasteiger partial charge on any atom is 0.323 e. The molecule has 0 bridgehead atoms. The van der Waals surface area contributed by atoms with E-state index in [0.29, 0.717) is 35.2 Å². The first-order valence-electron chi connectivity index (χ1n) is 13.4. The Hall–Kier alpha value is -3.65. The number of carbonyl (C=O) groups is 2. The van der Waals surface area contributed by atoms with Crippen molar-refractivity contribution < 1.29 is 23.5 Å². The molecule has 3 N–H and O–H groups in total. The summed E-state index contributed by atoms with van der Waals surface area (Å²) in [4.78, 5) is 26.8. The second-order valence-corrected chi connectivity index (χ2v) is 11.6. The third kappa shape index (κ3) is 7.10. The van der Waals surface area contributed by atoms with E-state index in [2.05, 4.69) is 43.2 Å². The third-order valence-electron chi connectivity index (χ3n) is 6.75. The largest absolute Gasteiger partial charge is 0.481 e. The third-order valence-corrected chi connectivity index (χ3v) is 6.97. The van der Waals surface area contributed by atoms with Gasteiger partial charge in [0.25, 0.3) is 0 Å². The highest BCUT2D eigenvalue weighted by Gasteiger charge is 2.44. The molecule has 9 heteroatoms. The summed E-state index contributed by atoms with van der Waals surface area (Å²) in [6.07, 6.45) is 0.573. The van der Waals surface area contributed by atoms with Gasteiger partial charge in [0.15, 0.2) is 0 Å². The molecule has 0 aromatic heterocycles. The normalized spacial score (nSPS) is 16.2. The summed E-state index contributed by atoms with van der Waals surface area (Å²) in [5, 5.41) is 15.1. The van der Waals surface area contributed by atoms with E-state index in [1.54, 1.807) is 12.1 Å². The quantitative estimate of drug-likeness (QED) is 0.230. The van der Waals surface area contributed by atoms with Gasteiger partial charge in [0.1, 0.15) is 11.6 Å². The van der Waals surface area contributed by atoms with E-state index in [1.807, 2.05) is 18.2 Å². The first kappa shape index (κ1) is 29.3. The molecular formula is C31H34ClF2N3O3. The Bertz CT molecular complexity index is 1360. The van der Waals surface area contributed by atoms with Crippen molar-refractivity contribution in [3.8, 4) is 11.1 Å². The van der Waals surface area contributed by atoms with Crippen LogP contribution in [0.4, 0.5) is 30.6 Å². The SMILES string of the molecule is CC(C)CN(CC(C)C)c1ccc([C@H]2C[C@H]2C(=O)O)cc1NC(=O)Nc1ccc(-c2c(F)cc(Cl)cc2F)cc1. The fourth-order valence-corrected chi connectivity index (χ4v) is 5.16. The summed E-state index contributed by atoms with van der Waals surface area (Å²) in [6, 6.07) is 13.5. The van der Waals surface area contributed by atoms with Gasteiger partial charge >= 0.3 is 12.0 Å². The van der Waals surface area contributed by atoms with Gasteiger partial charge in [-0.05, 0) is 71.7 Å². The molecule has 2 amide bonds. The van der Waals surface area contributed by atoms with E-state index in [4.69, 9.17) is 11.6 Å². The average molecular weight is 570 g/mol. The number of benzene rings is 3. The van der Waals surface area contributed by atoms with Crippen LogP contribution in [-0.4, -0.2) is 30.2 Å². The summed E-state index contributed by atoms with van der Waals surface area (Å²) in [5.74, 6) is -2.09. The van der Waals surface area contributed by atoms with Gasteiger partial charge in [-0.1, -0.05) is 57.5 Å². The number of carboxylic acids is 1. The minimum absolute atomic E-state index is 0.0299. The van der Waals surface area contributed by atoms with E-state index in [9.17, 15) is 23.5 Å². The summed E-state index contributed by atoms with van der Waals surface area (Å²) in [6.45, 7) is 10.1. The van der Waals surface area contributed by atoms with Crippen LogP contribution in [0.5, 0.6) is 0 Å². The van der Waals surface area contributed by atoms with Crippen molar-refractivity contribution in [3.63, 3.8) is 0 Å². The number of nitrogens with one attached hydrogen (secondary N) is 2. The first-order chi connectivity index (χ1) is 18.9. The van der Waals surface area contributed by atoms with Crippen LogP contribution < -0.4 is 15.5 Å². The molecule has 1 aliphatic rings. The number of amides is 2. The van der Waals surface area contributed by atoms with Crippen LogP contribution >= 0.6 is 11.6 Å². The van der Waals surface area contributed by atoms with Gasteiger partial charge in [0.2, 0.25) is 0 Å². The minimum Gasteiger partial charge on any atom is -0.481 e. The van der Waals surface area contributed by atoms with Crippen molar-refractivity contribution in [2.24, 2.45) is 17.8 Å². The molecule has 4 rings (SSSR count). The zero-order chi connectivity index (χ0) is 29.1. The highest BCUT2D eigenvalue weighted by molar-refractivity contribution is 6.30. The van der Waals surface area contributed by atoms with Crippen LogP contribution in [0.1, 0.15) is 45.6 Å². The van der Waals surface area contributed by atoms with Crippen LogP contribution in [0.15, 0.2) is 54.6 Å². The smallest absolute Gasteiger partial charge is 0.323 e. The van der Waals surface area contributed by atoms with E-state index in [0.717, 1.165) is 36.5 Å². The number of nitrogens with zero attached hydrogens (tertiary/aromatic N) is 1. The number of urea groups is 1. The second kappa shape index (κ2) is 12.3. The molecule has 0 saturated heterocycles. The lowest BCUT2D eigenvalue weighted by atomic mass is 10.0. The second-order valence-electron chi connectivity index (χ2n) is 11.2. The Morgan fingerprint density at radius 2 is 1.55 bits per heavy atom. The summed E-state index contributed by atoms with van der Waals surface area (Å²) in [5.41, 5.74) is 2.87. The Labute approximate surface area is 238 Å². The number of aliphatic carboxylic acids is 1. The molecule has 0 aliphatic heterocycles. The van der Waals surface area contributed by atoms with E-state index in [1.165, 1.54) is 12.1 Å². The number of carbonyl (C=O) groups excluding carboxylic acids is 1. The standard InChI is InChI=1S/C31H34ClF2N3O3/c1-17(2)15-37(16-18(3)4)28-10-7-20(23-14-24(23)30(38)39)11-27(28)36-31(40)35-22-8-5-19(6-9-22)29-25(33)12-21(32)13-26(29)34/h5-13,17-18,23-24H,14-16H2,1-4H3,(H,38,39)(H2,35,36,40)/t23-,24-/m1/s1. The lowest BCUT2D eigenvalue weighted by molar-refractivity contribution is -0.138. The first-order valence-corrected chi connectivity index (χ1v) is 13.8. The number of anilines is 3. The van der Waals surface area contributed by atoms with Crippen LogP contribution in [0.25, 0.3) is 11.1 Å². The molecule has 1 fully saturated rings. The highest BCUT2D eigenvalue weighted by Crippen LogP contribution is 2.49. The highest BCUT2D eigenvalue weighted by atomic mass is 35.5. The number of halogens is 3. The Kier molecular flexibility index (Phi) is 8.98. The van der Waals surface area contributed by atoms with Crippen molar-refractivity contribution in [1.82, 2.24) is 0 Å². The van der Waals surface area contributed by atoms with Crippen LogP contribution in [0, 0.1) is 29.4 Å².